The summed E-state index contributed by atoms with van der Waals surface area (Å²) in [7, 11) is 0. The van der Waals surface area contributed by atoms with Crippen LogP contribution in [0.5, 0.6) is 0 Å². The van der Waals surface area contributed by atoms with E-state index in [2.05, 4.69) is 13.2 Å². The second-order valence-corrected chi connectivity index (χ2v) is 3.00. The zero-order chi connectivity index (χ0) is 12.2. The van der Waals surface area contributed by atoms with Gasteiger partial charge in [0, 0.05) is 12.8 Å². The minimum absolute atomic E-state index is 0.0980. The monoisotopic (exact) mass is 216 g/mol. The summed E-state index contributed by atoms with van der Waals surface area (Å²) >= 11 is 0. The van der Waals surface area contributed by atoms with Crippen molar-refractivity contribution in [2.24, 2.45) is 0 Å². The molecule has 0 amide bonds. The molecule has 0 aliphatic carbocycles. The molecule has 0 aromatic heterocycles. The fraction of sp³-hybridized carbons (Fsp3) is 0.143. The first-order valence-electron chi connectivity index (χ1n) is 4.99. The van der Waals surface area contributed by atoms with Gasteiger partial charge in [0.1, 0.15) is 0 Å². The first-order chi connectivity index (χ1) is 7.70. The van der Waals surface area contributed by atoms with Gasteiger partial charge in [-0.15, -0.1) is 0 Å². The zero-order valence-corrected chi connectivity index (χ0v) is 9.26. The first kappa shape index (κ1) is 14.0. The van der Waals surface area contributed by atoms with Crippen LogP contribution >= 0.6 is 0 Å². The highest BCUT2D eigenvalue weighted by molar-refractivity contribution is 5.99. The van der Waals surface area contributed by atoms with Gasteiger partial charge in [-0.1, -0.05) is 49.6 Å². The molecule has 0 saturated carbocycles. The second-order valence-electron chi connectivity index (χ2n) is 3.00. The van der Waals surface area contributed by atoms with E-state index in [0.717, 1.165) is 0 Å². The highest BCUT2D eigenvalue weighted by atomic mass is 16.1. The molecule has 84 valence electrons. The van der Waals surface area contributed by atoms with Crippen LogP contribution in [0.2, 0.25) is 0 Å². The van der Waals surface area contributed by atoms with E-state index in [1.807, 2.05) is 0 Å². The lowest BCUT2D eigenvalue weighted by Gasteiger charge is -1.88. The van der Waals surface area contributed by atoms with Crippen molar-refractivity contribution < 1.29 is 9.59 Å². The van der Waals surface area contributed by atoms with Crippen LogP contribution < -0.4 is 0 Å². The highest BCUT2D eigenvalue weighted by Gasteiger charge is 1.95. The molecule has 0 unspecified atom stereocenters. The molecule has 0 saturated heterocycles. The Kier molecular flexibility index (Phi) is 8.41. The molecule has 0 radical (unpaired) electrons. The molecule has 0 aromatic carbocycles. The van der Waals surface area contributed by atoms with E-state index >= 15 is 0 Å². The third-order valence-electron chi connectivity index (χ3n) is 1.64. The van der Waals surface area contributed by atoms with E-state index in [1.165, 1.54) is 12.2 Å². The van der Waals surface area contributed by atoms with E-state index in [1.54, 1.807) is 36.5 Å². The number of hydrogen-bond acceptors (Lipinski definition) is 2. The molecule has 0 fully saturated rings. The standard InChI is InChI=1S/C14H16O2/c1-3-5-7-9-13(15)11-12-14(16)10-8-6-4-2/h3-8,11-12H,1-2,9-10H2/b7-5+,8-6+,12-11-. The SMILES string of the molecule is C=C/C=C/CC(=O)/C=C\C(=O)C/C=C/C=C. The molecule has 0 aliphatic rings. The maximum Gasteiger partial charge on any atom is 0.159 e. The summed E-state index contributed by atoms with van der Waals surface area (Å²) in [5.41, 5.74) is 0. The van der Waals surface area contributed by atoms with Crippen molar-refractivity contribution in [3.63, 3.8) is 0 Å². The topological polar surface area (TPSA) is 34.1 Å². The molecule has 16 heavy (non-hydrogen) atoms. The molecular weight excluding hydrogens is 200 g/mol. The Morgan fingerprint density at radius 1 is 0.812 bits per heavy atom. The Balaban J connectivity index is 3.97. The number of carbonyl (C=O) groups is 2. The molecule has 0 spiro atoms. The summed E-state index contributed by atoms with van der Waals surface area (Å²) < 4.78 is 0. The predicted octanol–water partition coefficient (Wildman–Crippen LogP) is 2.95. The van der Waals surface area contributed by atoms with Gasteiger partial charge in [-0.05, 0) is 12.2 Å². The summed E-state index contributed by atoms with van der Waals surface area (Å²) in [5, 5.41) is 0. The largest absolute Gasteiger partial charge is 0.295 e. The van der Waals surface area contributed by atoms with Crippen LogP contribution in [0, 0.1) is 0 Å². The van der Waals surface area contributed by atoms with Gasteiger partial charge in [0.25, 0.3) is 0 Å². The number of hydrogen-bond donors (Lipinski definition) is 0. The number of ketones is 2. The quantitative estimate of drug-likeness (QED) is 0.462. The maximum atomic E-state index is 11.2. The van der Waals surface area contributed by atoms with Gasteiger partial charge in [0.2, 0.25) is 0 Å². The third kappa shape index (κ3) is 8.63. The molecule has 0 N–H and O–H groups in total. The zero-order valence-electron chi connectivity index (χ0n) is 9.26. The van der Waals surface area contributed by atoms with Crippen molar-refractivity contribution in [2.75, 3.05) is 0 Å². The van der Waals surface area contributed by atoms with Gasteiger partial charge >= 0.3 is 0 Å². The van der Waals surface area contributed by atoms with E-state index in [-0.39, 0.29) is 24.4 Å². The average molecular weight is 216 g/mol. The van der Waals surface area contributed by atoms with Crippen molar-refractivity contribution in [3.8, 4) is 0 Å². The lowest BCUT2D eigenvalue weighted by molar-refractivity contribution is -0.116. The Morgan fingerprint density at radius 2 is 1.19 bits per heavy atom. The van der Waals surface area contributed by atoms with Gasteiger partial charge in [-0.25, -0.2) is 0 Å². The lowest BCUT2D eigenvalue weighted by Crippen LogP contribution is -1.94. The number of allylic oxidation sites excluding steroid dienone is 8. The summed E-state index contributed by atoms with van der Waals surface area (Å²) in [5.74, 6) is -0.196. The highest BCUT2D eigenvalue weighted by Crippen LogP contribution is 1.92. The molecule has 0 atom stereocenters. The van der Waals surface area contributed by atoms with Crippen molar-refractivity contribution in [1.82, 2.24) is 0 Å². The molecule has 0 heterocycles. The van der Waals surface area contributed by atoms with Crippen molar-refractivity contribution in [1.29, 1.82) is 0 Å². The Hall–Kier alpha value is -1.96. The van der Waals surface area contributed by atoms with Crippen molar-refractivity contribution in [2.45, 2.75) is 12.8 Å². The number of carbonyl (C=O) groups excluding carboxylic acids is 2. The molecule has 0 aliphatic heterocycles. The Bertz CT molecular complexity index is 310. The van der Waals surface area contributed by atoms with E-state index in [4.69, 9.17) is 0 Å². The molecule has 2 heteroatoms. The van der Waals surface area contributed by atoms with Crippen LogP contribution in [0.1, 0.15) is 12.8 Å². The Labute approximate surface area is 96.4 Å². The van der Waals surface area contributed by atoms with E-state index in [0.29, 0.717) is 0 Å². The van der Waals surface area contributed by atoms with Gasteiger partial charge in [0.05, 0.1) is 0 Å². The van der Waals surface area contributed by atoms with Gasteiger partial charge < -0.3 is 0 Å². The first-order valence-corrected chi connectivity index (χ1v) is 4.99. The molecule has 0 aromatic rings. The molecule has 2 nitrogen and oxygen atoms in total. The van der Waals surface area contributed by atoms with Crippen LogP contribution in [-0.4, -0.2) is 11.6 Å². The Morgan fingerprint density at radius 3 is 1.50 bits per heavy atom. The van der Waals surface area contributed by atoms with Gasteiger partial charge in [-0.3, -0.25) is 9.59 Å². The third-order valence-corrected chi connectivity index (χ3v) is 1.64. The fourth-order valence-corrected chi connectivity index (χ4v) is 0.883. The average Bonchev–Trinajstić information content (AvgIpc) is 2.27. The van der Waals surface area contributed by atoms with Crippen molar-refractivity contribution in [3.05, 3.63) is 61.8 Å². The summed E-state index contributed by atoms with van der Waals surface area (Å²) in [4.78, 5) is 22.4. The van der Waals surface area contributed by atoms with Crippen LogP contribution in [0.3, 0.4) is 0 Å². The molecule has 0 bridgehead atoms. The lowest BCUT2D eigenvalue weighted by atomic mass is 10.2. The summed E-state index contributed by atoms with van der Waals surface area (Å²) in [6.07, 6.45) is 13.2. The predicted molar refractivity (Wildman–Crippen MR) is 67.1 cm³/mol. The fourth-order valence-electron chi connectivity index (χ4n) is 0.883. The van der Waals surface area contributed by atoms with Crippen LogP contribution in [0.4, 0.5) is 0 Å². The molecular formula is C14H16O2. The smallest absolute Gasteiger partial charge is 0.159 e. The van der Waals surface area contributed by atoms with E-state index < -0.39 is 0 Å². The minimum atomic E-state index is -0.0980. The minimum Gasteiger partial charge on any atom is -0.295 e. The summed E-state index contributed by atoms with van der Waals surface area (Å²) in [6, 6.07) is 0. The second kappa shape index (κ2) is 9.59. The maximum absolute atomic E-state index is 11.2. The van der Waals surface area contributed by atoms with Gasteiger partial charge in [-0.2, -0.15) is 0 Å². The van der Waals surface area contributed by atoms with E-state index in [9.17, 15) is 9.59 Å². The summed E-state index contributed by atoms with van der Waals surface area (Å²) in [6.45, 7) is 6.98. The van der Waals surface area contributed by atoms with Crippen LogP contribution in [0.25, 0.3) is 0 Å². The van der Waals surface area contributed by atoms with Gasteiger partial charge in [0.15, 0.2) is 11.6 Å². The van der Waals surface area contributed by atoms with Crippen LogP contribution in [0.15, 0.2) is 61.8 Å². The normalized spacial score (nSPS) is 11.2. The van der Waals surface area contributed by atoms with Crippen LogP contribution in [-0.2, 0) is 9.59 Å². The molecule has 0 rings (SSSR count). The number of rotatable bonds is 8. The van der Waals surface area contributed by atoms with Crippen molar-refractivity contribution >= 4 is 11.6 Å².